The van der Waals surface area contributed by atoms with Crippen molar-refractivity contribution in [1.82, 2.24) is 5.32 Å². The molecule has 100 valence electrons. The summed E-state index contributed by atoms with van der Waals surface area (Å²) < 4.78 is 1.13. The Morgan fingerprint density at radius 3 is 2.67 bits per heavy atom. The summed E-state index contributed by atoms with van der Waals surface area (Å²) in [6, 6.07) is 8.21. The van der Waals surface area contributed by atoms with Gasteiger partial charge in [-0.05, 0) is 43.2 Å². The standard InChI is InChI=1S/C15H22BrNO/c1-12-6-8-15(18,9-7-12)11-17-10-13-4-2-3-5-14(13)16/h2-5,12,17-18H,6-11H2,1H3. The summed E-state index contributed by atoms with van der Waals surface area (Å²) in [5.41, 5.74) is 0.749. The summed E-state index contributed by atoms with van der Waals surface area (Å²) in [5, 5.41) is 13.8. The average molecular weight is 312 g/mol. The average Bonchev–Trinajstić information content (AvgIpc) is 2.36. The molecule has 1 fully saturated rings. The second-order valence-corrected chi connectivity index (χ2v) is 6.46. The van der Waals surface area contributed by atoms with Gasteiger partial charge in [-0.15, -0.1) is 0 Å². The van der Waals surface area contributed by atoms with Crippen molar-refractivity contribution in [3.05, 3.63) is 34.3 Å². The molecule has 1 aromatic carbocycles. The van der Waals surface area contributed by atoms with Gasteiger partial charge in [-0.3, -0.25) is 0 Å². The quantitative estimate of drug-likeness (QED) is 0.892. The van der Waals surface area contributed by atoms with E-state index in [4.69, 9.17) is 0 Å². The number of rotatable bonds is 4. The molecule has 0 heterocycles. The monoisotopic (exact) mass is 311 g/mol. The fourth-order valence-electron chi connectivity index (χ4n) is 2.55. The molecular weight excluding hydrogens is 290 g/mol. The van der Waals surface area contributed by atoms with Crippen LogP contribution < -0.4 is 5.32 Å². The van der Waals surface area contributed by atoms with E-state index < -0.39 is 5.60 Å². The van der Waals surface area contributed by atoms with Crippen molar-refractivity contribution in [3.8, 4) is 0 Å². The molecule has 2 rings (SSSR count). The summed E-state index contributed by atoms with van der Waals surface area (Å²) in [6.07, 6.45) is 4.15. The van der Waals surface area contributed by atoms with Crippen molar-refractivity contribution < 1.29 is 5.11 Å². The van der Waals surface area contributed by atoms with Gasteiger partial charge in [-0.2, -0.15) is 0 Å². The van der Waals surface area contributed by atoms with Gasteiger partial charge in [0, 0.05) is 17.6 Å². The summed E-state index contributed by atoms with van der Waals surface area (Å²) in [4.78, 5) is 0. The molecule has 2 nitrogen and oxygen atoms in total. The van der Waals surface area contributed by atoms with Gasteiger partial charge >= 0.3 is 0 Å². The number of halogens is 1. The Labute approximate surface area is 118 Å². The predicted octanol–water partition coefficient (Wildman–Crippen LogP) is 3.48. The van der Waals surface area contributed by atoms with Crippen LogP contribution in [-0.4, -0.2) is 17.3 Å². The van der Waals surface area contributed by atoms with Crippen LogP contribution >= 0.6 is 15.9 Å². The third-order valence-corrected chi connectivity index (χ3v) is 4.71. The summed E-state index contributed by atoms with van der Waals surface area (Å²) in [5.74, 6) is 0.772. The van der Waals surface area contributed by atoms with Crippen molar-refractivity contribution in [2.45, 2.75) is 44.8 Å². The van der Waals surface area contributed by atoms with E-state index in [1.54, 1.807) is 0 Å². The number of hydrogen-bond donors (Lipinski definition) is 2. The van der Waals surface area contributed by atoms with Crippen molar-refractivity contribution in [2.75, 3.05) is 6.54 Å². The second kappa shape index (κ2) is 6.18. The van der Waals surface area contributed by atoms with Gasteiger partial charge in [0.1, 0.15) is 0 Å². The molecule has 0 amide bonds. The normalized spacial score (nSPS) is 28.3. The van der Waals surface area contributed by atoms with E-state index >= 15 is 0 Å². The SMILES string of the molecule is CC1CCC(O)(CNCc2ccccc2Br)CC1. The van der Waals surface area contributed by atoms with Crippen molar-refractivity contribution in [2.24, 2.45) is 5.92 Å². The van der Waals surface area contributed by atoms with Crippen LogP contribution in [0.25, 0.3) is 0 Å². The molecule has 0 bridgehead atoms. The highest BCUT2D eigenvalue weighted by molar-refractivity contribution is 9.10. The van der Waals surface area contributed by atoms with Crippen molar-refractivity contribution >= 4 is 15.9 Å². The smallest absolute Gasteiger partial charge is 0.0771 e. The highest BCUT2D eigenvalue weighted by Gasteiger charge is 2.31. The molecule has 18 heavy (non-hydrogen) atoms. The van der Waals surface area contributed by atoms with Crippen LogP contribution in [0.3, 0.4) is 0 Å². The van der Waals surface area contributed by atoms with Crippen LogP contribution in [0.2, 0.25) is 0 Å². The molecule has 2 N–H and O–H groups in total. The van der Waals surface area contributed by atoms with Gasteiger partial charge in [-0.1, -0.05) is 41.1 Å². The maximum atomic E-state index is 10.5. The van der Waals surface area contributed by atoms with E-state index in [1.165, 1.54) is 5.56 Å². The molecule has 0 atom stereocenters. The van der Waals surface area contributed by atoms with Gasteiger partial charge in [0.2, 0.25) is 0 Å². The highest BCUT2D eigenvalue weighted by Crippen LogP contribution is 2.31. The lowest BCUT2D eigenvalue weighted by molar-refractivity contribution is -0.00631. The van der Waals surface area contributed by atoms with Crippen LogP contribution in [0, 0.1) is 5.92 Å². The maximum Gasteiger partial charge on any atom is 0.0771 e. The highest BCUT2D eigenvalue weighted by atomic mass is 79.9. The van der Waals surface area contributed by atoms with Crippen LogP contribution in [0.5, 0.6) is 0 Å². The topological polar surface area (TPSA) is 32.3 Å². The molecular formula is C15H22BrNO. The van der Waals surface area contributed by atoms with E-state index in [-0.39, 0.29) is 0 Å². The molecule has 1 aliphatic rings. The Bertz CT molecular complexity index is 386. The first-order chi connectivity index (χ1) is 8.59. The Morgan fingerprint density at radius 1 is 1.33 bits per heavy atom. The summed E-state index contributed by atoms with van der Waals surface area (Å²) >= 11 is 3.54. The molecule has 1 aromatic rings. The molecule has 0 spiro atoms. The van der Waals surface area contributed by atoms with E-state index in [0.717, 1.165) is 42.6 Å². The first-order valence-corrected chi connectivity index (χ1v) is 7.55. The molecule has 0 saturated heterocycles. The Kier molecular flexibility index (Phi) is 4.82. The van der Waals surface area contributed by atoms with Crippen LogP contribution in [0.4, 0.5) is 0 Å². The minimum Gasteiger partial charge on any atom is -0.389 e. The largest absolute Gasteiger partial charge is 0.389 e. The fourth-order valence-corrected chi connectivity index (χ4v) is 2.97. The summed E-state index contributed by atoms with van der Waals surface area (Å²) in [7, 11) is 0. The van der Waals surface area contributed by atoms with Gasteiger partial charge in [0.25, 0.3) is 0 Å². The molecule has 1 saturated carbocycles. The lowest BCUT2D eigenvalue weighted by Crippen LogP contribution is -2.43. The number of aliphatic hydroxyl groups is 1. The van der Waals surface area contributed by atoms with E-state index in [2.05, 4.69) is 34.2 Å². The van der Waals surface area contributed by atoms with Crippen LogP contribution in [0.1, 0.15) is 38.2 Å². The minimum absolute atomic E-state index is 0.492. The van der Waals surface area contributed by atoms with Gasteiger partial charge in [0.15, 0.2) is 0 Å². The third kappa shape index (κ3) is 3.81. The van der Waals surface area contributed by atoms with Gasteiger partial charge in [-0.25, -0.2) is 0 Å². The number of benzene rings is 1. The van der Waals surface area contributed by atoms with E-state index in [1.807, 2.05) is 18.2 Å². The van der Waals surface area contributed by atoms with Crippen LogP contribution in [-0.2, 0) is 6.54 Å². The van der Waals surface area contributed by atoms with E-state index in [0.29, 0.717) is 6.54 Å². The first-order valence-electron chi connectivity index (χ1n) is 6.76. The van der Waals surface area contributed by atoms with E-state index in [9.17, 15) is 5.11 Å². The molecule has 0 aliphatic heterocycles. The first kappa shape index (κ1) is 14.0. The zero-order valence-corrected chi connectivity index (χ0v) is 12.5. The lowest BCUT2D eigenvalue weighted by atomic mass is 9.79. The lowest BCUT2D eigenvalue weighted by Gasteiger charge is -2.35. The third-order valence-electron chi connectivity index (χ3n) is 3.93. The molecule has 1 aliphatic carbocycles. The van der Waals surface area contributed by atoms with Gasteiger partial charge in [0.05, 0.1) is 5.60 Å². The number of nitrogens with one attached hydrogen (secondary N) is 1. The zero-order chi connectivity index (χ0) is 13.0. The Balaban J connectivity index is 1.80. The molecule has 0 aromatic heterocycles. The Morgan fingerprint density at radius 2 is 2.00 bits per heavy atom. The minimum atomic E-state index is -0.492. The molecule has 0 unspecified atom stereocenters. The Hall–Kier alpha value is -0.380. The maximum absolute atomic E-state index is 10.5. The van der Waals surface area contributed by atoms with Crippen molar-refractivity contribution in [1.29, 1.82) is 0 Å². The fraction of sp³-hybridized carbons (Fsp3) is 0.600. The molecule has 0 radical (unpaired) electrons. The number of hydrogen-bond acceptors (Lipinski definition) is 2. The summed E-state index contributed by atoms with van der Waals surface area (Å²) in [6.45, 7) is 3.77. The van der Waals surface area contributed by atoms with Crippen LogP contribution in [0.15, 0.2) is 28.7 Å². The second-order valence-electron chi connectivity index (χ2n) is 5.60. The van der Waals surface area contributed by atoms with Gasteiger partial charge < -0.3 is 10.4 Å². The van der Waals surface area contributed by atoms with Crippen molar-refractivity contribution in [3.63, 3.8) is 0 Å². The predicted molar refractivity (Wildman–Crippen MR) is 78.4 cm³/mol. The zero-order valence-electron chi connectivity index (χ0n) is 11.0. The molecule has 3 heteroatoms.